The summed E-state index contributed by atoms with van der Waals surface area (Å²) in [5, 5.41) is 2.61. The fraction of sp³-hybridized carbons (Fsp3) is 0.400. The summed E-state index contributed by atoms with van der Waals surface area (Å²) < 4.78 is 13.2. The number of hydrogen-bond donors (Lipinski definition) is 1. The van der Waals surface area contributed by atoms with Gasteiger partial charge in [-0.2, -0.15) is 0 Å². The number of benzene rings is 1. The van der Waals surface area contributed by atoms with Gasteiger partial charge in [-0.3, -0.25) is 9.59 Å². The van der Waals surface area contributed by atoms with E-state index in [2.05, 4.69) is 12.2 Å². The third-order valence-electron chi connectivity index (χ3n) is 4.81. The van der Waals surface area contributed by atoms with Crippen LogP contribution >= 0.6 is 11.3 Å². The fourth-order valence-electron chi connectivity index (χ4n) is 3.30. The molecule has 1 aromatic carbocycles. The van der Waals surface area contributed by atoms with E-state index < -0.39 is 5.82 Å². The number of amides is 2. The zero-order valence-electron chi connectivity index (χ0n) is 15.0. The van der Waals surface area contributed by atoms with Crippen LogP contribution in [0.5, 0.6) is 0 Å². The summed E-state index contributed by atoms with van der Waals surface area (Å²) in [6.07, 6.45) is 4.43. The van der Waals surface area contributed by atoms with Crippen LogP contribution in [0.1, 0.15) is 39.9 Å². The molecule has 1 aromatic heterocycles. The van der Waals surface area contributed by atoms with E-state index in [1.165, 1.54) is 46.4 Å². The average molecular weight is 374 g/mol. The molecule has 4 nitrogen and oxygen atoms in total. The van der Waals surface area contributed by atoms with Gasteiger partial charge in [0.25, 0.3) is 5.91 Å². The van der Waals surface area contributed by atoms with Gasteiger partial charge in [0.05, 0.1) is 11.4 Å². The number of nitrogens with zero attached hydrogens (tertiary/aromatic N) is 1. The van der Waals surface area contributed by atoms with Crippen molar-refractivity contribution in [2.24, 2.45) is 5.92 Å². The van der Waals surface area contributed by atoms with Crippen molar-refractivity contribution in [3.8, 4) is 0 Å². The topological polar surface area (TPSA) is 49.4 Å². The van der Waals surface area contributed by atoms with Crippen LogP contribution in [-0.2, 0) is 17.6 Å². The first-order valence-corrected chi connectivity index (χ1v) is 9.70. The molecule has 0 saturated carbocycles. The molecule has 0 unspecified atom stereocenters. The average Bonchev–Trinajstić information content (AvgIpc) is 3.03. The predicted octanol–water partition coefficient (Wildman–Crippen LogP) is 4.11. The first-order valence-electron chi connectivity index (χ1n) is 8.88. The van der Waals surface area contributed by atoms with E-state index in [1.807, 2.05) is 6.07 Å². The molecule has 0 fully saturated rings. The van der Waals surface area contributed by atoms with Crippen LogP contribution < -0.4 is 5.32 Å². The molecule has 0 aliphatic heterocycles. The Kier molecular flexibility index (Phi) is 5.71. The van der Waals surface area contributed by atoms with Gasteiger partial charge in [-0.15, -0.1) is 11.3 Å². The van der Waals surface area contributed by atoms with Crippen LogP contribution in [0, 0.1) is 11.7 Å². The highest BCUT2D eigenvalue weighted by atomic mass is 32.1. The molecule has 1 aliphatic carbocycles. The van der Waals surface area contributed by atoms with Gasteiger partial charge >= 0.3 is 0 Å². The third kappa shape index (κ3) is 4.30. The number of fused-ring (bicyclic) bond motifs is 1. The van der Waals surface area contributed by atoms with Crippen molar-refractivity contribution in [3.05, 3.63) is 51.5 Å². The molecule has 138 valence electrons. The fourth-order valence-corrected chi connectivity index (χ4v) is 4.50. The number of rotatable bonds is 5. The number of halogens is 1. The van der Waals surface area contributed by atoms with Crippen LogP contribution in [0.2, 0.25) is 0 Å². The number of nitrogens with one attached hydrogen (secondary N) is 1. The molecule has 1 atom stereocenters. The van der Waals surface area contributed by atoms with Crippen molar-refractivity contribution in [3.63, 3.8) is 0 Å². The Balaban J connectivity index is 1.61. The molecular formula is C20H23FN2O2S. The Morgan fingerprint density at radius 3 is 2.88 bits per heavy atom. The zero-order valence-corrected chi connectivity index (χ0v) is 15.9. The molecule has 26 heavy (non-hydrogen) atoms. The van der Waals surface area contributed by atoms with Gasteiger partial charge in [-0.1, -0.05) is 19.4 Å². The third-order valence-corrected chi connectivity index (χ3v) is 6.03. The number of anilines is 1. The normalized spacial score (nSPS) is 16.0. The summed E-state index contributed by atoms with van der Waals surface area (Å²) in [4.78, 5) is 28.2. The minimum Gasteiger partial charge on any atom is -0.332 e. The van der Waals surface area contributed by atoms with Gasteiger partial charge in [0.2, 0.25) is 5.91 Å². The van der Waals surface area contributed by atoms with Crippen LogP contribution in [0.4, 0.5) is 10.1 Å². The van der Waals surface area contributed by atoms with Crippen molar-refractivity contribution in [2.75, 3.05) is 18.9 Å². The van der Waals surface area contributed by atoms with Crippen LogP contribution in [0.15, 0.2) is 30.3 Å². The van der Waals surface area contributed by atoms with Gasteiger partial charge in [-0.25, -0.2) is 4.39 Å². The summed E-state index contributed by atoms with van der Waals surface area (Å²) in [7, 11) is 1.61. The second-order valence-electron chi connectivity index (χ2n) is 6.80. The molecule has 2 aromatic rings. The van der Waals surface area contributed by atoms with E-state index in [-0.39, 0.29) is 18.4 Å². The van der Waals surface area contributed by atoms with Crippen molar-refractivity contribution in [1.29, 1.82) is 0 Å². The van der Waals surface area contributed by atoms with Gasteiger partial charge in [-0.05, 0) is 55.0 Å². The highest BCUT2D eigenvalue weighted by Gasteiger charge is 2.24. The Morgan fingerprint density at radius 2 is 2.15 bits per heavy atom. The maximum atomic E-state index is 13.2. The second-order valence-corrected chi connectivity index (χ2v) is 7.93. The summed E-state index contributed by atoms with van der Waals surface area (Å²) >= 11 is 1.54. The number of likely N-dealkylation sites (N-methyl/N-ethyl adjacent to an activating group) is 1. The lowest BCUT2D eigenvalue weighted by molar-refractivity contribution is -0.116. The monoisotopic (exact) mass is 374 g/mol. The second kappa shape index (κ2) is 7.99. The number of hydrogen-bond acceptors (Lipinski definition) is 3. The minimum absolute atomic E-state index is 0.0739. The molecule has 2 amide bonds. The summed E-state index contributed by atoms with van der Waals surface area (Å²) in [5.41, 5.74) is 1.67. The van der Waals surface area contributed by atoms with Crippen LogP contribution in [0.3, 0.4) is 0 Å². The quantitative estimate of drug-likeness (QED) is 0.856. The van der Waals surface area contributed by atoms with Crippen molar-refractivity contribution >= 4 is 28.8 Å². The largest absolute Gasteiger partial charge is 0.332 e. The van der Waals surface area contributed by atoms with Gasteiger partial charge in [0.1, 0.15) is 5.82 Å². The van der Waals surface area contributed by atoms with Gasteiger partial charge < -0.3 is 10.2 Å². The molecule has 6 heteroatoms. The lowest BCUT2D eigenvalue weighted by Crippen LogP contribution is -2.34. The lowest BCUT2D eigenvalue weighted by Gasteiger charge is -2.19. The summed E-state index contributed by atoms with van der Waals surface area (Å²) in [6.45, 7) is 2.13. The van der Waals surface area contributed by atoms with E-state index in [9.17, 15) is 14.0 Å². The standard InChI is InChI=1S/C20H23FN2O2S/c1-3-13-7-8-17-14(9-13)10-18(26-17)20(25)23(2)12-19(24)22-16-6-4-5-15(21)11-16/h4-6,10-11,13H,3,7-9,12H2,1-2H3,(H,22,24)/t13-/m1/s1. The van der Waals surface area contributed by atoms with E-state index in [0.29, 0.717) is 16.5 Å². The first kappa shape index (κ1) is 18.6. The minimum atomic E-state index is -0.415. The SMILES string of the molecule is CC[C@@H]1CCc2sc(C(=O)N(C)CC(=O)Nc3cccc(F)c3)cc2C1. The highest BCUT2D eigenvalue weighted by molar-refractivity contribution is 7.14. The first-order chi connectivity index (χ1) is 12.5. The van der Waals surface area contributed by atoms with Crippen LogP contribution in [-0.4, -0.2) is 30.3 Å². The predicted molar refractivity (Wildman–Crippen MR) is 102 cm³/mol. The summed E-state index contributed by atoms with van der Waals surface area (Å²) in [6, 6.07) is 7.69. The Morgan fingerprint density at radius 1 is 1.35 bits per heavy atom. The Labute approximate surface area is 157 Å². The molecular weight excluding hydrogens is 351 g/mol. The molecule has 0 saturated heterocycles. The van der Waals surface area contributed by atoms with Crippen molar-refractivity contribution in [2.45, 2.75) is 32.6 Å². The zero-order chi connectivity index (χ0) is 18.7. The molecule has 3 rings (SSSR count). The number of carbonyl (C=O) groups is 2. The molecule has 1 heterocycles. The van der Waals surface area contributed by atoms with Gasteiger partial charge in [0.15, 0.2) is 0 Å². The Bertz CT molecular complexity index is 818. The number of thiophene rings is 1. The number of aryl methyl sites for hydroxylation is 1. The lowest BCUT2D eigenvalue weighted by atomic mass is 9.87. The van der Waals surface area contributed by atoms with Crippen LogP contribution in [0.25, 0.3) is 0 Å². The maximum Gasteiger partial charge on any atom is 0.264 e. The molecule has 1 aliphatic rings. The molecule has 0 bridgehead atoms. The summed E-state index contributed by atoms with van der Waals surface area (Å²) in [5.74, 6) is -0.206. The van der Waals surface area contributed by atoms with E-state index in [0.717, 1.165) is 12.8 Å². The van der Waals surface area contributed by atoms with E-state index >= 15 is 0 Å². The van der Waals surface area contributed by atoms with Gasteiger partial charge in [0, 0.05) is 17.6 Å². The molecule has 0 spiro atoms. The van der Waals surface area contributed by atoms with E-state index in [1.54, 1.807) is 24.5 Å². The molecule has 0 radical (unpaired) electrons. The Hall–Kier alpha value is -2.21. The van der Waals surface area contributed by atoms with E-state index in [4.69, 9.17) is 0 Å². The smallest absolute Gasteiger partial charge is 0.264 e. The van der Waals surface area contributed by atoms with Crippen molar-refractivity contribution < 1.29 is 14.0 Å². The molecule has 1 N–H and O–H groups in total. The maximum absolute atomic E-state index is 13.2. The highest BCUT2D eigenvalue weighted by Crippen LogP contribution is 2.33. The number of carbonyl (C=O) groups excluding carboxylic acids is 2. The van der Waals surface area contributed by atoms with Crippen molar-refractivity contribution in [1.82, 2.24) is 4.90 Å².